The molecule has 0 N–H and O–H groups in total. The first-order chi connectivity index (χ1) is 11.2. The monoisotopic (exact) mass is 316 g/mol. The second kappa shape index (κ2) is 7.12. The van der Waals surface area contributed by atoms with Crippen LogP contribution in [-0.2, 0) is 4.43 Å². The summed E-state index contributed by atoms with van der Waals surface area (Å²) in [6, 6.07) is 29.2. The van der Waals surface area contributed by atoms with E-state index in [1.54, 1.807) is 0 Å². The summed E-state index contributed by atoms with van der Waals surface area (Å²) in [4.78, 5) is 0. The van der Waals surface area contributed by atoms with Gasteiger partial charge in [-0.1, -0.05) is 97.1 Å². The third-order valence-corrected chi connectivity index (χ3v) is 6.34. The smallest absolute Gasteiger partial charge is 0.299 e. The van der Waals surface area contributed by atoms with E-state index in [0.717, 1.165) is 11.3 Å². The first-order valence-electron chi connectivity index (χ1n) is 7.76. The van der Waals surface area contributed by atoms with Gasteiger partial charge in [0.2, 0.25) is 0 Å². The molecule has 0 aliphatic carbocycles. The molecule has 0 amide bonds. The number of hydrogen-bond acceptors (Lipinski definition) is 1. The number of hydrogen-bond donors (Lipinski definition) is 0. The molecule has 3 aromatic carbocycles. The zero-order valence-corrected chi connectivity index (χ0v) is 14.4. The van der Waals surface area contributed by atoms with Crippen LogP contribution >= 0.6 is 0 Å². The van der Waals surface area contributed by atoms with Crippen molar-refractivity contribution in [1.29, 1.82) is 0 Å². The molecule has 23 heavy (non-hydrogen) atoms. The average molecular weight is 316 g/mol. The number of rotatable bonds is 5. The van der Waals surface area contributed by atoms with Crippen LogP contribution in [0.4, 0.5) is 0 Å². The van der Waals surface area contributed by atoms with E-state index in [1.807, 2.05) is 12.1 Å². The fourth-order valence-electron chi connectivity index (χ4n) is 2.53. The minimum atomic E-state index is -1.79. The van der Waals surface area contributed by atoms with Gasteiger partial charge in [-0.25, -0.2) is 0 Å². The Hall–Kier alpha value is -2.58. The van der Waals surface area contributed by atoms with E-state index in [4.69, 9.17) is 4.43 Å². The van der Waals surface area contributed by atoms with Crippen molar-refractivity contribution in [2.45, 2.75) is 6.92 Å². The molecule has 0 aliphatic rings. The lowest BCUT2D eigenvalue weighted by atomic mass is 10.1. The maximum atomic E-state index is 6.39. The minimum Gasteiger partial charge on any atom is -0.537 e. The fourth-order valence-corrected chi connectivity index (χ4v) is 4.76. The Bertz CT molecular complexity index is 724. The number of benzene rings is 3. The van der Waals surface area contributed by atoms with Crippen molar-refractivity contribution >= 4 is 25.2 Å². The standard InChI is InChI=1S/C21H20OSi/c1-17-13-15-19(16-14-17)18(2)22-23(20-9-5-3-6-10-20)21-11-7-4-8-12-21/h3-16,23H,2H2,1H3. The molecule has 0 bridgehead atoms. The van der Waals surface area contributed by atoms with Crippen LogP contribution in [0.15, 0.2) is 91.5 Å². The summed E-state index contributed by atoms with van der Waals surface area (Å²) >= 11 is 0. The number of aryl methyl sites for hydroxylation is 1. The van der Waals surface area contributed by atoms with Crippen molar-refractivity contribution in [2.24, 2.45) is 0 Å². The maximum absolute atomic E-state index is 6.39. The molecule has 2 heteroatoms. The highest BCUT2D eigenvalue weighted by Gasteiger charge is 2.20. The predicted octanol–water partition coefficient (Wildman–Crippen LogP) is 3.52. The molecule has 114 valence electrons. The molecule has 0 atom stereocenters. The van der Waals surface area contributed by atoms with E-state index >= 15 is 0 Å². The van der Waals surface area contributed by atoms with Crippen LogP contribution in [0.1, 0.15) is 11.1 Å². The molecule has 0 radical (unpaired) electrons. The van der Waals surface area contributed by atoms with Gasteiger partial charge in [0, 0.05) is 5.56 Å². The second-order valence-corrected chi connectivity index (χ2v) is 7.94. The first-order valence-corrected chi connectivity index (χ1v) is 9.39. The van der Waals surface area contributed by atoms with Crippen molar-refractivity contribution < 1.29 is 4.43 Å². The average Bonchev–Trinajstić information content (AvgIpc) is 2.61. The summed E-state index contributed by atoms with van der Waals surface area (Å²) in [5, 5.41) is 2.51. The molecular formula is C21H20OSi. The molecule has 3 rings (SSSR count). The largest absolute Gasteiger partial charge is 0.537 e. The molecule has 0 spiro atoms. The Morgan fingerprint density at radius 1 is 0.739 bits per heavy atom. The summed E-state index contributed by atoms with van der Waals surface area (Å²) < 4.78 is 6.39. The Kier molecular flexibility index (Phi) is 4.74. The van der Waals surface area contributed by atoms with Gasteiger partial charge in [-0.05, 0) is 17.3 Å². The Morgan fingerprint density at radius 2 is 1.22 bits per heavy atom. The van der Waals surface area contributed by atoms with E-state index in [-0.39, 0.29) is 0 Å². The van der Waals surface area contributed by atoms with Crippen LogP contribution in [0.3, 0.4) is 0 Å². The summed E-state index contributed by atoms with van der Waals surface area (Å²) in [7, 11) is -1.79. The van der Waals surface area contributed by atoms with Gasteiger partial charge in [-0.3, -0.25) is 0 Å². The van der Waals surface area contributed by atoms with E-state index in [2.05, 4.69) is 86.3 Å². The van der Waals surface area contributed by atoms with Crippen LogP contribution in [0.25, 0.3) is 5.76 Å². The van der Waals surface area contributed by atoms with Crippen molar-refractivity contribution in [3.8, 4) is 0 Å². The van der Waals surface area contributed by atoms with Gasteiger partial charge in [-0.2, -0.15) is 0 Å². The lowest BCUT2D eigenvalue weighted by Crippen LogP contribution is -2.44. The van der Waals surface area contributed by atoms with Gasteiger partial charge >= 0.3 is 0 Å². The summed E-state index contributed by atoms with van der Waals surface area (Å²) in [6.07, 6.45) is 0. The van der Waals surface area contributed by atoms with E-state index in [1.165, 1.54) is 15.9 Å². The van der Waals surface area contributed by atoms with Crippen molar-refractivity contribution in [3.05, 3.63) is 103 Å². The molecule has 1 nitrogen and oxygen atoms in total. The molecule has 0 saturated carbocycles. The molecule has 0 unspecified atom stereocenters. The van der Waals surface area contributed by atoms with Gasteiger partial charge in [0.25, 0.3) is 9.04 Å². The van der Waals surface area contributed by atoms with Gasteiger partial charge in [0.1, 0.15) is 5.76 Å². The summed E-state index contributed by atoms with van der Waals surface area (Å²) in [6.45, 7) is 6.24. The summed E-state index contributed by atoms with van der Waals surface area (Å²) in [5.41, 5.74) is 2.28. The van der Waals surface area contributed by atoms with Gasteiger partial charge in [0.05, 0.1) is 0 Å². The topological polar surface area (TPSA) is 9.23 Å². The Labute approximate surface area is 139 Å². The molecule has 3 aromatic rings. The van der Waals surface area contributed by atoms with Crippen LogP contribution in [0, 0.1) is 6.92 Å². The first kappa shape index (κ1) is 15.3. The van der Waals surface area contributed by atoms with E-state index in [0.29, 0.717) is 0 Å². The lowest BCUT2D eigenvalue weighted by Gasteiger charge is -2.20. The molecule has 0 aromatic heterocycles. The molecule has 0 aliphatic heterocycles. The summed E-state index contributed by atoms with van der Waals surface area (Å²) in [5.74, 6) is 0.745. The van der Waals surface area contributed by atoms with Crippen LogP contribution in [0.5, 0.6) is 0 Å². The quantitative estimate of drug-likeness (QED) is 0.517. The van der Waals surface area contributed by atoms with Gasteiger partial charge in [-0.15, -0.1) is 0 Å². The molecule has 0 saturated heterocycles. The van der Waals surface area contributed by atoms with Crippen LogP contribution in [0.2, 0.25) is 0 Å². The van der Waals surface area contributed by atoms with Crippen molar-refractivity contribution in [1.82, 2.24) is 0 Å². The second-order valence-electron chi connectivity index (χ2n) is 5.61. The van der Waals surface area contributed by atoms with E-state index in [9.17, 15) is 0 Å². The molecule has 0 heterocycles. The Morgan fingerprint density at radius 3 is 1.70 bits per heavy atom. The maximum Gasteiger partial charge on any atom is 0.299 e. The van der Waals surface area contributed by atoms with Crippen LogP contribution in [-0.4, -0.2) is 9.04 Å². The minimum absolute atomic E-state index is 0.745. The third-order valence-electron chi connectivity index (χ3n) is 3.84. The lowest BCUT2D eigenvalue weighted by molar-refractivity contribution is 0.550. The fraction of sp³-hybridized carbons (Fsp3) is 0.0476. The SMILES string of the molecule is C=C(O[SiH](c1ccccc1)c1ccccc1)c1ccc(C)cc1. The highest BCUT2D eigenvalue weighted by molar-refractivity contribution is 6.80. The zero-order chi connectivity index (χ0) is 16.1. The van der Waals surface area contributed by atoms with Crippen LogP contribution < -0.4 is 10.4 Å². The third kappa shape index (κ3) is 3.79. The van der Waals surface area contributed by atoms with Gasteiger partial charge < -0.3 is 4.43 Å². The zero-order valence-electron chi connectivity index (χ0n) is 13.3. The van der Waals surface area contributed by atoms with Crippen molar-refractivity contribution in [3.63, 3.8) is 0 Å². The predicted molar refractivity (Wildman–Crippen MR) is 101 cm³/mol. The molecule has 0 fully saturated rings. The van der Waals surface area contributed by atoms with E-state index < -0.39 is 9.04 Å². The highest BCUT2D eigenvalue weighted by atomic mass is 28.3. The normalized spacial score (nSPS) is 10.5. The van der Waals surface area contributed by atoms with Crippen molar-refractivity contribution in [2.75, 3.05) is 0 Å². The van der Waals surface area contributed by atoms with Gasteiger partial charge in [0.15, 0.2) is 0 Å². The molecular weight excluding hydrogens is 296 g/mol. The Balaban J connectivity index is 1.90. The highest BCUT2D eigenvalue weighted by Crippen LogP contribution is 2.15.